The average molecular weight is 257 g/mol. The highest BCUT2D eigenvalue weighted by atomic mass is 35.5. The molecule has 0 aliphatic heterocycles. The van der Waals surface area contributed by atoms with E-state index in [1.807, 2.05) is 12.1 Å². The maximum absolute atomic E-state index is 11.3. The number of benzene rings is 1. The number of carbonyl (C=O) groups is 1. The molecule has 0 fully saturated rings. The van der Waals surface area contributed by atoms with Gasteiger partial charge in [-0.2, -0.15) is 0 Å². The van der Waals surface area contributed by atoms with Gasteiger partial charge < -0.3 is 15.4 Å². The summed E-state index contributed by atoms with van der Waals surface area (Å²) in [6, 6.07) is 5.19. The molecule has 17 heavy (non-hydrogen) atoms. The van der Waals surface area contributed by atoms with E-state index >= 15 is 0 Å². The summed E-state index contributed by atoms with van der Waals surface area (Å²) in [6.45, 7) is 2.28. The van der Waals surface area contributed by atoms with Crippen molar-refractivity contribution in [1.29, 1.82) is 0 Å². The highest BCUT2D eigenvalue weighted by Crippen LogP contribution is 2.25. The minimum Gasteiger partial charge on any atom is -0.496 e. The summed E-state index contributed by atoms with van der Waals surface area (Å²) < 4.78 is 5.22. The van der Waals surface area contributed by atoms with Crippen molar-refractivity contribution in [3.05, 3.63) is 28.8 Å². The van der Waals surface area contributed by atoms with Gasteiger partial charge in [0.1, 0.15) is 5.75 Å². The van der Waals surface area contributed by atoms with Crippen molar-refractivity contribution >= 4 is 17.5 Å². The first-order chi connectivity index (χ1) is 8.10. The van der Waals surface area contributed by atoms with Crippen molar-refractivity contribution < 1.29 is 9.53 Å². The van der Waals surface area contributed by atoms with Gasteiger partial charge >= 0.3 is 0 Å². The van der Waals surface area contributed by atoms with Crippen LogP contribution in [0.25, 0.3) is 0 Å². The number of amides is 1. The lowest BCUT2D eigenvalue weighted by molar-refractivity contribution is -0.122. The fourth-order valence-corrected chi connectivity index (χ4v) is 1.70. The molecule has 1 aromatic carbocycles. The molecule has 0 spiro atoms. The first-order valence-electron chi connectivity index (χ1n) is 5.36. The van der Waals surface area contributed by atoms with E-state index in [0.717, 1.165) is 5.56 Å². The Morgan fingerprint density at radius 3 is 2.82 bits per heavy atom. The third-order valence-electron chi connectivity index (χ3n) is 2.52. The van der Waals surface area contributed by atoms with Gasteiger partial charge in [0.25, 0.3) is 0 Å². The summed E-state index contributed by atoms with van der Waals surface area (Å²) in [5.74, 6) is 0.658. The van der Waals surface area contributed by atoms with Crippen LogP contribution in [0.3, 0.4) is 0 Å². The lowest BCUT2D eigenvalue weighted by atomic mass is 10.2. The number of hydrogen-bond acceptors (Lipinski definition) is 3. The number of halogens is 1. The Morgan fingerprint density at radius 1 is 1.53 bits per heavy atom. The van der Waals surface area contributed by atoms with Crippen LogP contribution < -0.4 is 15.4 Å². The summed E-state index contributed by atoms with van der Waals surface area (Å²) in [5, 5.41) is 6.29. The summed E-state index contributed by atoms with van der Waals surface area (Å²) in [6.07, 6.45) is 0. The molecule has 1 amide bonds. The van der Waals surface area contributed by atoms with Gasteiger partial charge in [-0.1, -0.05) is 17.7 Å². The lowest BCUT2D eigenvalue weighted by Crippen LogP contribution is -2.40. The van der Waals surface area contributed by atoms with Crippen LogP contribution in [-0.2, 0) is 11.3 Å². The number of ether oxygens (including phenoxy) is 1. The van der Waals surface area contributed by atoms with Crippen molar-refractivity contribution in [2.24, 2.45) is 0 Å². The Bertz CT molecular complexity index is 396. The van der Waals surface area contributed by atoms with Gasteiger partial charge in [-0.3, -0.25) is 4.79 Å². The number of hydrogen-bond donors (Lipinski definition) is 2. The summed E-state index contributed by atoms with van der Waals surface area (Å²) >= 11 is 6.08. The largest absolute Gasteiger partial charge is 0.496 e. The topological polar surface area (TPSA) is 50.4 Å². The number of likely N-dealkylation sites (N-methyl/N-ethyl adjacent to an activating group) is 1. The van der Waals surface area contributed by atoms with Gasteiger partial charge in [-0.05, 0) is 19.1 Å². The number of nitrogens with one attached hydrogen (secondary N) is 2. The van der Waals surface area contributed by atoms with E-state index in [1.54, 1.807) is 27.1 Å². The van der Waals surface area contributed by atoms with Gasteiger partial charge in [0.2, 0.25) is 5.91 Å². The molecule has 5 heteroatoms. The van der Waals surface area contributed by atoms with E-state index in [4.69, 9.17) is 16.3 Å². The Kier molecular flexibility index (Phi) is 5.25. The van der Waals surface area contributed by atoms with Crippen molar-refractivity contribution in [3.8, 4) is 5.75 Å². The first kappa shape index (κ1) is 13.8. The number of carbonyl (C=O) groups excluding carboxylic acids is 1. The Balaban J connectivity index is 2.72. The van der Waals surface area contributed by atoms with Crippen LogP contribution in [0.5, 0.6) is 5.75 Å². The molecule has 0 bridgehead atoms. The lowest BCUT2D eigenvalue weighted by Gasteiger charge is -2.15. The van der Waals surface area contributed by atoms with E-state index in [-0.39, 0.29) is 11.9 Å². The minimum atomic E-state index is -0.277. The molecule has 0 radical (unpaired) electrons. The van der Waals surface area contributed by atoms with E-state index in [1.165, 1.54) is 0 Å². The van der Waals surface area contributed by atoms with Gasteiger partial charge in [0.05, 0.1) is 13.2 Å². The molecular formula is C12H17ClN2O2. The summed E-state index contributed by atoms with van der Waals surface area (Å²) in [7, 11) is 3.20. The highest BCUT2D eigenvalue weighted by Gasteiger charge is 2.13. The molecule has 0 aromatic heterocycles. The van der Waals surface area contributed by atoms with Crippen molar-refractivity contribution in [1.82, 2.24) is 10.6 Å². The normalized spacial score (nSPS) is 12.0. The standard InChI is InChI=1S/C12H17ClN2O2/c1-8(12(16)14-2)15-7-9-10(13)5-4-6-11(9)17-3/h4-6,8,15H,7H2,1-3H3,(H,14,16). The predicted molar refractivity (Wildman–Crippen MR) is 68.4 cm³/mol. The molecule has 1 aromatic rings. The van der Waals surface area contributed by atoms with Crippen molar-refractivity contribution in [3.63, 3.8) is 0 Å². The van der Waals surface area contributed by atoms with E-state index in [0.29, 0.717) is 17.3 Å². The molecule has 94 valence electrons. The Hall–Kier alpha value is -1.26. The second kappa shape index (κ2) is 6.47. The fourth-order valence-electron chi connectivity index (χ4n) is 1.47. The molecule has 0 heterocycles. The van der Waals surface area contributed by atoms with Crippen LogP contribution in [-0.4, -0.2) is 26.1 Å². The van der Waals surface area contributed by atoms with Gasteiger partial charge in [-0.25, -0.2) is 0 Å². The zero-order valence-electron chi connectivity index (χ0n) is 10.2. The molecule has 0 aliphatic rings. The Morgan fingerprint density at radius 2 is 2.24 bits per heavy atom. The minimum absolute atomic E-state index is 0.0592. The molecule has 2 N–H and O–H groups in total. The molecule has 1 unspecified atom stereocenters. The summed E-state index contributed by atoms with van der Waals surface area (Å²) in [4.78, 5) is 11.3. The van der Waals surface area contributed by atoms with Crippen molar-refractivity contribution in [2.45, 2.75) is 19.5 Å². The molecule has 4 nitrogen and oxygen atoms in total. The molecule has 0 saturated heterocycles. The second-order valence-corrected chi connectivity index (χ2v) is 4.04. The maximum Gasteiger partial charge on any atom is 0.236 e. The average Bonchev–Trinajstić information content (AvgIpc) is 2.35. The SMILES string of the molecule is CNC(=O)C(C)NCc1c(Cl)cccc1OC. The third-order valence-corrected chi connectivity index (χ3v) is 2.87. The quantitative estimate of drug-likeness (QED) is 0.841. The molecule has 1 atom stereocenters. The Labute approximate surface area is 106 Å². The van der Waals surface area contributed by atoms with Crippen molar-refractivity contribution in [2.75, 3.05) is 14.2 Å². The van der Waals surface area contributed by atoms with E-state index in [2.05, 4.69) is 10.6 Å². The van der Waals surface area contributed by atoms with Gasteiger partial charge in [0, 0.05) is 24.2 Å². The molecular weight excluding hydrogens is 240 g/mol. The maximum atomic E-state index is 11.3. The third kappa shape index (κ3) is 3.61. The van der Waals surface area contributed by atoms with Gasteiger partial charge in [-0.15, -0.1) is 0 Å². The summed E-state index contributed by atoms with van der Waals surface area (Å²) in [5.41, 5.74) is 0.854. The molecule has 0 saturated carbocycles. The van der Waals surface area contributed by atoms with Crippen LogP contribution >= 0.6 is 11.6 Å². The van der Waals surface area contributed by atoms with Gasteiger partial charge in [0.15, 0.2) is 0 Å². The monoisotopic (exact) mass is 256 g/mol. The second-order valence-electron chi connectivity index (χ2n) is 3.64. The van der Waals surface area contributed by atoms with E-state index < -0.39 is 0 Å². The first-order valence-corrected chi connectivity index (χ1v) is 5.74. The van der Waals surface area contributed by atoms with Crippen LogP contribution in [0.15, 0.2) is 18.2 Å². The number of rotatable bonds is 5. The molecule has 1 rings (SSSR count). The van der Waals surface area contributed by atoms with Crippen LogP contribution in [0.2, 0.25) is 5.02 Å². The zero-order chi connectivity index (χ0) is 12.8. The predicted octanol–water partition coefficient (Wildman–Crippen LogP) is 1.57. The van der Waals surface area contributed by atoms with Crippen LogP contribution in [0.4, 0.5) is 0 Å². The van der Waals surface area contributed by atoms with Crippen LogP contribution in [0.1, 0.15) is 12.5 Å². The fraction of sp³-hybridized carbons (Fsp3) is 0.417. The molecule has 0 aliphatic carbocycles. The zero-order valence-corrected chi connectivity index (χ0v) is 11.0. The smallest absolute Gasteiger partial charge is 0.236 e. The highest BCUT2D eigenvalue weighted by molar-refractivity contribution is 6.31. The number of methoxy groups -OCH3 is 1. The van der Waals surface area contributed by atoms with E-state index in [9.17, 15) is 4.79 Å². The van der Waals surface area contributed by atoms with Crippen LogP contribution in [0, 0.1) is 0 Å².